The zero-order valence-electron chi connectivity index (χ0n) is 8.59. The molecule has 0 amide bonds. The maximum absolute atomic E-state index is 12.3. The van der Waals surface area contributed by atoms with Crippen LogP contribution < -0.4 is 5.32 Å². The van der Waals surface area contributed by atoms with E-state index in [4.69, 9.17) is 9.84 Å². The summed E-state index contributed by atoms with van der Waals surface area (Å²) in [5.41, 5.74) is 0. The minimum atomic E-state index is -4.16. The molecule has 1 aliphatic heterocycles. The zero-order valence-corrected chi connectivity index (χ0v) is 8.59. The standard InChI is InChI=1S/C9H14F3NO3/c10-9(11,12)6-3-7(13-4-6)5-16-2-1-8(14)15/h6-7,13H,1-5H2,(H,14,15)/t6-,7-/m0/s1. The molecule has 1 aliphatic rings. The summed E-state index contributed by atoms with van der Waals surface area (Å²) in [6.07, 6.45) is -4.30. The molecule has 0 aliphatic carbocycles. The van der Waals surface area contributed by atoms with Crippen LogP contribution in [0.15, 0.2) is 0 Å². The van der Waals surface area contributed by atoms with Gasteiger partial charge in [0.05, 0.1) is 25.6 Å². The van der Waals surface area contributed by atoms with Crippen LogP contribution in [0.5, 0.6) is 0 Å². The molecule has 16 heavy (non-hydrogen) atoms. The second-order valence-electron chi connectivity index (χ2n) is 3.80. The van der Waals surface area contributed by atoms with Gasteiger partial charge in [0.15, 0.2) is 0 Å². The average molecular weight is 241 g/mol. The predicted molar refractivity (Wildman–Crippen MR) is 49.0 cm³/mol. The molecular weight excluding hydrogens is 227 g/mol. The highest BCUT2D eigenvalue weighted by Gasteiger charge is 2.43. The van der Waals surface area contributed by atoms with Crippen molar-refractivity contribution < 1.29 is 27.8 Å². The Morgan fingerprint density at radius 2 is 2.19 bits per heavy atom. The lowest BCUT2D eigenvalue weighted by Gasteiger charge is -2.13. The molecule has 4 nitrogen and oxygen atoms in total. The Balaban J connectivity index is 2.15. The van der Waals surface area contributed by atoms with Crippen molar-refractivity contribution in [2.24, 2.45) is 5.92 Å². The molecule has 0 aromatic carbocycles. The molecule has 94 valence electrons. The smallest absolute Gasteiger partial charge is 0.393 e. The number of nitrogens with one attached hydrogen (secondary N) is 1. The Labute approximate surface area is 90.8 Å². The van der Waals surface area contributed by atoms with Gasteiger partial charge in [-0.25, -0.2) is 0 Å². The van der Waals surface area contributed by atoms with Gasteiger partial charge in [0.25, 0.3) is 0 Å². The van der Waals surface area contributed by atoms with E-state index in [0.717, 1.165) is 0 Å². The summed E-state index contributed by atoms with van der Waals surface area (Å²) in [5.74, 6) is -2.30. The Morgan fingerprint density at radius 1 is 1.50 bits per heavy atom. The summed E-state index contributed by atoms with van der Waals surface area (Å²) < 4.78 is 41.8. The number of rotatable bonds is 5. The van der Waals surface area contributed by atoms with Crippen LogP contribution in [0.1, 0.15) is 12.8 Å². The molecule has 0 bridgehead atoms. The van der Waals surface area contributed by atoms with Crippen molar-refractivity contribution in [2.45, 2.75) is 25.1 Å². The van der Waals surface area contributed by atoms with Gasteiger partial charge in [-0.3, -0.25) is 4.79 Å². The SMILES string of the molecule is O=C(O)CCOC[C@@H]1C[C@H](C(F)(F)F)CN1. The maximum Gasteiger partial charge on any atom is 0.393 e. The summed E-state index contributed by atoms with van der Waals surface area (Å²) in [6.45, 7) is 0.0700. The molecule has 1 fully saturated rings. The minimum absolute atomic E-state index is 0.00340. The molecule has 2 N–H and O–H groups in total. The first-order valence-electron chi connectivity index (χ1n) is 4.99. The van der Waals surface area contributed by atoms with Crippen molar-refractivity contribution in [3.8, 4) is 0 Å². The van der Waals surface area contributed by atoms with Crippen LogP contribution in [0.3, 0.4) is 0 Å². The first-order chi connectivity index (χ1) is 7.39. The zero-order chi connectivity index (χ0) is 12.2. The van der Waals surface area contributed by atoms with Gasteiger partial charge in [-0.15, -0.1) is 0 Å². The third kappa shape index (κ3) is 4.36. The Kier molecular flexibility index (Phi) is 4.55. The fourth-order valence-electron chi connectivity index (χ4n) is 1.58. The number of carboxylic acids is 1. The van der Waals surface area contributed by atoms with Crippen LogP contribution in [-0.2, 0) is 9.53 Å². The predicted octanol–water partition coefficient (Wildman–Crippen LogP) is 1.02. The van der Waals surface area contributed by atoms with E-state index >= 15 is 0 Å². The van der Waals surface area contributed by atoms with E-state index in [2.05, 4.69) is 5.32 Å². The first-order valence-corrected chi connectivity index (χ1v) is 4.99. The van der Waals surface area contributed by atoms with Gasteiger partial charge in [-0.2, -0.15) is 13.2 Å². The summed E-state index contributed by atoms with van der Waals surface area (Å²) in [4.78, 5) is 10.1. The van der Waals surface area contributed by atoms with E-state index in [1.165, 1.54) is 0 Å². The molecule has 0 aromatic heterocycles. The molecule has 1 heterocycles. The number of aliphatic carboxylic acids is 1. The second-order valence-corrected chi connectivity index (χ2v) is 3.80. The average Bonchev–Trinajstić information content (AvgIpc) is 2.59. The van der Waals surface area contributed by atoms with E-state index in [1.54, 1.807) is 0 Å². The highest BCUT2D eigenvalue weighted by atomic mass is 19.4. The monoisotopic (exact) mass is 241 g/mol. The summed E-state index contributed by atoms with van der Waals surface area (Å²) in [7, 11) is 0. The van der Waals surface area contributed by atoms with E-state index in [1.807, 2.05) is 0 Å². The van der Waals surface area contributed by atoms with Gasteiger partial charge in [0, 0.05) is 12.6 Å². The van der Waals surface area contributed by atoms with Crippen LogP contribution in [0.2, 0.25) is 0 Å². The quantitative estimate of drug-likeness (QED) is 0.705. The number of halogens is 3. The van der Waals surface area contributed by atoms with Gasteiger partial charge in [0.1, 0.15) is 0 Å². The van der Waals surface area contributed by atoms with Gasteiger partial charge in [0.2, 0.25) is 0 Å². The third-order valence-electron chi connectivity index (χ3n) is 2.46. The largest absolute Gasteiger partial charge is 0.481 e. The molecule has 0 radical (unpaired) electrons. The number of carboxylic acid groups (broad SMARTS) is 1. The van der Waals surface area contributed by atoms with Crippen LogP contribution in [0.4, 0.5) is 13.2 Å². The summed E-state index contributed by atoms with van der Waals surface area (Å²) >= 11 is 0. The molecule has 0 saturated carbocycles. The van der Waals surface area contributed by atoms with Crippen LogP contribution in [0.25, 0.3) is 0 Å². The number of carbonyl (C=O) groups is 1. The molecule has 1 rings (SSSR count). The Hall–Kier alpha value is -0.820. The van der Waals surface area contributed by atoms with Gasteiger partial charge >= 0.3 is 12.1 Å². The lowest BCUT2D eigenvalue weighted by molar-refractivity contribution is -0.169. The fourth-order valence-corrected chi connectivity index (χ4v) is 1.58. The van der Waals surface area contributed by atoms with Crippen LogP contribution in [-0.4, -0.2) is 43.1 Å². The Morgan fingerprint density at radius 3 is 2.69 bits per heavy atom. The number of hydrogen-bond donors (Lipinski definition) is 2. The Bertz CT molecular complexity index is 245. The van der Waals surface area contributed by atoms with Crippen LogP contribution >= 0.6 is 0 Å². The molecule has 7 heteroatoms. The van der Waals surface area contributed by atoms with Crippen LogP contribution in [0, 0.1) is 5.92 Å². The lowest BCUT2D eigenvalue weighted by Crippen LogP contribution is -2.27. The van der Waals surface area contributed by atoms with Crippen molar-refractivity contribution in [3.63, 3.8) is 0 Å². The van der Waals surface area contributed by atoms with Crippen molar-refractivity contribution >= 4 is 5.97 Å². The molecule has 1 saturated heterocycles. The summed E-state index contributed by atoms with van der Waals surface area (Å²) in [5, 5.41) is 11.0. The first kappa shape index (κ1) is 13.2. The topological polar surface area (TPSA) is 58.6 Å². The molecule has 0 unspecified atom stereocenters. The van der Waals surface area contributed by atoms with Crippen molar-refractivity contribution in [1.82, 2.24) is 5.32 Å². The molecular formula is C9H14F3NO3. The minimum Gasteiger partial charge on any atom is -0.481 e. The number of alkyl halides is 3. The van der Waals surface area contributed by atoms with Gasteiger partial charge in [-0.1, -0.05) is 0 Å². The second kappa shape index (κ2) is 5.49. The van der Waals surface area contributed by atoms with Crippen molar-refractivity contribution in [3.05, 3.63) is 0 Å². The number of hydrogen-bond acceptors (Lipinski definition) is 3. The summed E-state index contributed by atoms with van der Waals surface area (Å²) in [6, 6.07) is -0.333. The normalized spacial score (nSPS) is 25.9. The van der Waals surface area contributed by atoms with E-state index in [-0.39, 0.29) is 38.6 Å². The maximum atomic E-state index is 12.3. The molecule has 0 aromatic rings. The van der Waals surface area contributed by atoms with Crippen molar-refractivity contribution in [1.29, 1.82) is 0 Å². The molecule has 2 atom stereocenters. The van der Waals surface area contributed by atoms with Gasteiger partial charge in [-0.05, 0) is 6.42 Å². The fraction of sp³-hybridized carbons (Fsp3) is 0.889. The molecule has 0 spiro atoms. The van der Waals surface area contributed by atoms with E-state index < -0.39 is 18.1 Å². The lowest BCUT2D eigenvalue weighted by atomic mass is 10.1. The number of ether oxygens (including phenoxy) is 1. The van der Waals surface area contributed by atoms with E-state index in [0.29, 0.717) is 0 Å². The third-order valence-corrected chi connectivity index (χ3v) is 2.46. The van der Waals surface area contributed by atoms with E-state index in [9.17, 15) is 18.0 Å². The highest BCUT2D eigenvalue weighted by Crippen LogP contribution is 2.32. The highest BCUT2D eigenvalue weighted by molar-refractivity contribution is 5.66. The van der Waals surface area contributed by atoms with Gasteiger partial charge < -0.3 is 15.2 Å². The van der Waals surface area contributed by atoms with Crippen molar-refractivity contribution in [2.75, 3.05) is 19.8 Å².